The fraction of sp³-hybridized carbons (Fsp3) is 0.387. The van der Waals surface area contributed by atoms with Crippen LogP contribution >= 0.6 is 11.6 Å². The van der Waals surface area contributed by atoms with Crippen molar-refractivity contribution in [2.45, 2.75) is 50.2 Å². The number of aliphatic hydroxyl groups is 1. The topological polar surface area (TPSA) is 93.8 Å². The summed E-state index contributed by atoms with van der Waals surface area (Å²) in [6.07, 6.45) is 3.29. The summed E-state index contributed by atoms with van der Waals surface area (Å²) in [6, 6.07) is 18.7. The van der Waals surface area contributed by atoms with E-state index in [0.717, 1.165) is 36.8 Å². The van der Waals surface area contributed by atoms with Gasteiger partial charge in [-0.2, -0.15) is 0 Å². The quantitative estimate of drug-likeness (QED) is 0.265. The summed E-state index contributed by atoms with van der Waals surface area (Å²) in [5.41, 5.74) is 7.45. The monoisotopic (exact) mass is 554 g/mol. The summed E-state index contributed by atoms with van der Waals surface area (Å²) in [5.74, 6) is -1.54. The van der Waals surface area contributed by atoms with Gasteiger partial charge in [-0.05, 0) is 68.0 Å². The van der Waals surface area contributed by atoms with Gasteiger partial charge in [0.25, 0.3) is 0 Å². The third-order valence-electron chi connectivity index (χ3n) is 7.45. The minimum Gasteiger partial charge on any atom is -0.488 e. The summed E-state index contributed by atoms with van der Waals surface area (Å²) in [7, 11) is 1.53. The van der Waals surface area contributed by atoms with Crippen molar-refractivity contribution in [1.29, 1.82) is 0 Å². The smallest absolute Gasteiger partial charge is 0.249 e. The Morgan fingerprint density at radius 1 is 1.13 bits per heavy atom. The Morgan fingerprint density at radius 3 is 2.51 bits per heavy atom. The Labute approximate surface area is 234 Å². The number of hydrogen-bond donors (Lipinski definition) is 3. The van der Waals surface area contributed by atoms with E-state index in [-0.39, 0.29) is 36.0 Å². The fourth-order valence-electron chi connectivity index (χ4n) is 5.17. The molecule has 1 aliphatic carbocycles. The molecular weight excluding hydrogens is 519 g/mol. The Morgan fingerprint density at radius 2 is 1.85 bits per heavy atom. The lowest BCUT2D eigenvalue weighted by molar-refractivity contribution is 0.0141. The van der Waals surface area contributed by atoms with Gasteiger partial charge in [0.2, 0.25) is 5.91 Å². The maximum Gasteiger partial charge on any atom is 0.249 e. The summed E-state index contributed by atoms with van der Waals surface area (Å²) >= 11 is 6.62. The van der Waals surface area contributed by atoms with Gasteiger partial charge in [0.05, 0.1) is 17.8 Å². The van der Waals surface area contributed by atoms with Crippen molar-refractivity contribution in [2.75, 3.05) is 26.9 Å². The first kappa shape index (κ1) is 29.0. The minimum absolute atomic E-state index is 0.0111. The zero-order chi connectivity index (χ0) is 28.0. The first-order chi connectivity index (χ1) is 18.7. The lowest BCUT2D eigenvalue weighted by atomic mass is 9.83. The number of benzene rings is 3. The second kappa shape index (κ2) is 12.9. The van der Waals surface area contributed by atoms with Crippen molar-refractivity contribution in [3.05, 3.63) is 88.2 Å². The second-order valence-electron chi connectivity index (χ2n) is 10.4. The predicted molar refractivity (Wildman–Crippen MR) is 152 cm³/mol. The second-order valence-corrected chi connectivity index (χ2v) is 10.8. The Kier molecular flexibility index (Phi) is 9.62. The number of amides is 1. The van der Waals surface area contributed by atoms with E-state index in [0.29, 0.717) is 23.2 Å². The van der Waals surface area contributed by atoms with Gasteiger partial charge in [0.1, 0.15) is 6.61 Å². The van der Waals surface area contributed by atoms with Gasteiger partial charge in [-0.3, -0.25) is 4.79 Å². The Hall–Kier alpha value is -2.97. The molecule has 1 aliphatic rings. The number of halogens is 2. The highest BCUT2D eigenvalue weighted by atomic mass is 35.5. The normalized spacial score (nSPS) is 20.0. The number of ether oxygens (including phenoxy) is 2. The van der Waals surface area contributed by atoms with Gasteiger partial charge < -0.3 is 25.6 Å². The maximum absolute atomic E-state index is 15.8. The number of primary amides is 1. The van der Waals surface area contributed by atoms with Crippen molar-refractivity contribution >= 4 is 17.5 Å². The van der Waals surface area contributed by atoms with Crippen molar-refractivity contribution in [3.8, 4) is 16.9 Å². The molecule has 8 heteroatoms. The molecule has 4 N–H and O–H groups in total. The van der Waals surface area contributed by atoms with Crippen LogP contribution in [0, 0.1) is 5.82 Å². The average molecular weight is 555 g/mol. The lowest BCUT2D eigenvalue weighted by Crippen LogP contribution is -2.41. The first-order valence-corrected chi connectivity index (χ1v) is 13.6. The molecule has 1 amide bonds. The van der Waals surface area contributed by atoms with E-state index in [4.69, 9.17) is 26.8 Å². The zero-order valence-electron chi connectivity index (χ0n) is 22.4. The molecule has 0 saturated heterocycles. The molecule has 0 spiro atoms. The van der Waals surface area contributed by atoms with E-state index in [1.54, 1.807) is 6.07 Å². The number of methoxy groups -OCH3 is 1. The largest absolute Gasteiger partial charge is 0.488 e. The molecule has 0 bridgehead atoms. The van der Waals surface area contributed by atoms with Crippen molar-refractivity contribution in [1.82, 2.24) is 5.32 Å². The van der Waals surface area contributed by atoms with Crippen LogP contribution in [0.15, 0.2) is 60.7 Å². The molecule has 0 radical (unpaired) electrons. The van der Waals surface area contributed by atoms with E-state index < -0.39 is 17.3 Å². The van der Waals surface area contributed by atoms with Crippen LogP contribution in [0.2, 0.25) is 5.02 Å². The van der Waals surface area contributed by atoms with E-state index in [9.17, 15) is 9.90 Å². The molecule has 1 saturated carbocycles. The maximum atomic E-state index is 15.8. The van der Waals surface area contributed by atoms with Crippen LogP contribution in [0.5, 0.6) is 5.75 Å². The predicted octanol–water partition coefficient (Wildman–Crippen LogP) is 5.69. The number of hydrogen-bond acceptors (Lipinski definition) is 5. The fourth-order valence-corrected chi connectivity index (χ4v) is 5.38. The first-order valence-electron chi connectivity index (χ1n) is 13.2. The van der Waals surface area contributed by atoms with Gasteiger partial charge >= 0.3 is 0 Å². The highest BCUT2D eigenvalue weighted by molar-refractivity contribution is 6.33. The molecule has 4 rings (SSSR count). The van der Waals surface area contributed by atoms with Crippen LogP contribution in [-0.4, -0.2) is 49.5 Å². The van der Waals surface area contributed by atoms with Gasteiger partial charge in [0.15, 0.2) is 11.6 Å². The Balaban J connectivity index is 1.71. The molecule has 39 heavy (non-hydrogen) atoms. The number of rotatable bonds is 11. The lowest BCUT2D eigenvalue weighted by Gasteiger charge is -2.34. The Bertz CT molecular complexity index is 1280. The van der Waals surface area contributed by atoms with Crippen molar-refractivity contribution < 1.29 is 23.8 Å². The molecule has 3 aromatic rings. The highest BCUT2D eigenvalue weighted by Gasteiger charge is 2.29. The van der Waals surface area contributed by atoms with E-state index >= 15 is 4.39 Å². The van der Waals surface area contributed by atoms with Crippen molar-refractivity contribution in [2.24, 2.45) is 5.73 Å². The number of carbonyl (C=O) groups excluding carboxylic acids is 1. The van der Waals surface area contributed by atoms with Gasteiger partial charge in [-0.25, -0.2) is 4.39 Å². The molecule has 6 nitrogen and oxygen atoms in total. The highest BCUT2D eigenvalue weighted by Crippen LogP contribution is 2.39. The molecule has 0 aliphatic heterocycles. The standard InChI is InChI=1S/C31H36ClFN2O4/c1-31(37)14-12-22(13-15-31)35-19-25(20-6-4-3-5-7-20)21-8-10-26(32)24(18-21)28-23(30(34)36)9-11-27(29(28)33)39-17-16-38-2/h3-11,18,22,25,35,37H,12-17,19H2,1-2H3,(H2,34,36). The van der Waals surface area contributed by atoms with Gasteiger partial charge in [-0.1, -0.05) is 48.0 Å². The zero-order valence-corrected chi connectivity index (χ0v) is 23.1. The van der Waals surface area contributed by atoms with Crippen LogP contribution in [0.1, 0.15) is 60.0 Å². The molecular formula is C31H36ClFN2O4. The van der Waals surface area contributed by atoms with E-state index in [1.165, 1.54) is 19.2 Å². The number of carbonyl (C=O) groups is 1. The molecule has 0 aromatic heterocycles. The number of nitrogens with two attached hydrogens (primary N) is 1. The summed E-state index contributed by atoms with van der Waals surface area (Å²) in [6.45, 7) is 2.97. The van der Waals surface area contributed by atoms with Crippen LogP contribution in [-0.2, 0) is 4.74 Å². The molecule has 3 aromatic carbocycles. The minimum atomic E-state index is -0.761. The van der Waals surface area contributed by atoms with Crippen LogP contribution in [0.3, 0.4) is 0 Å². The van der Waals surface area contributed by atoms with Gasteiger partial charge in [0, 0.05) is 41.8 Å². The van der Waals surface area contributed by atoms with Crippen LogP contribution in [0.4, 0.5) is 4.39 Å². The summed E-state index contributed by atoms with van der Waals surface area (Å²) in [4.78, 5) is 12.3. The molecule has 1 fully saturated rings. The molecule has 208 valence electrons. The molecule has 0 heterocycles. The third kappa shape index (κ3) is 7.17. The summed E-state index contributed by atoms with van der Waals surface area (Å²) < 4.78 is 26.4. The molecule has 1 unspecified atom stereocenters. The SMILES string of the molecule is COCCOc1ccc(C(N)=O)c(-c2cc(C(CNC3CCC(C)(O)CC3)c3ccccc3)ccc2Cl)c1F. The third-order valence-corrected chi connectivity index (χ3v) is 7.78. The van der Waals surface area contributed by atoms with Crippen LogP contribution in [0.25, 0.3) is 11.1 Å². The average Bonchev–Trinajstić information content (AvgIpc) is 2.92. The van der Waals surface area contributed by atoms with E-state index in [1.807, 2.05) is 37.3 Å². The summed E-state index contributed by atoms with van der Waals surface area (Å²) in [5, 5.41) is 14.3. The van der Waals surface area contributed by atoms with Crippen molar-refractivity contribution in [3.63, 3.8) is 0 Å². The number of nitrogens with one attached hydrogen (secondary N) is 1. The van der Waals surface area contributed by atoms with Gasteiger partial charge in [-0.15, -0.1) is 0 Å². The van der Waals surface area contributed by atoms with E-state index in [2.05, 4.69) is 17.4 Å². The van der Waals surface area contributed by atoms with Crippen LogP contribution < -0.4 is 15.8 Å². The molecule has 1 atom stereocenters.